The summed E-state index contributed by atoms with van der Waals surface area (Å²) in [5.41, 5.74) is 0.672. The first kappa shape index (κ1) is 22.4. The van der Waals surface area contributed by atoms with Gasteiger partial charge >= 0.3 is 0 Å². The van der Waals surface area contributed by atoms with E-state index >= 15 is 0 Å². The van der Waals surface area contributed by atoms with Crippen molar-refractivity contribution >= 4 is 44.0 Å². The van der Waals surface area contributed by atoms with Crippen molar-refractivity contribution in [2.24, 2.45) is 0 Å². The van der Waals surface area contributed by atoms with Crippen molar-refractivity contribution in [3.05, 3.63) is 70.2 Å². The van der Waals surface area contributed by atoms with Crippen LogP contribution in [0.1, 0.15) is 42.8 Å². The molecule has 3 rings (SSSR count). The van der Waals surface area contributed by atoms with Crippen LogP contribution in [0.25, 0.3) is 0 Å². The lowest BCUT2D eigenvalue weighted by atomic mass is 10.0. The van der Waals surface area contributed by atoms with E-state index in [-0.39, 0.29) is 23.1 Å². The number of sulfonamides is 1. The van der Waals surface area contributed by atoms with Crippen LogP contribution in [0.5, 0.6) is 0 Å². The second kappa shape index (κ2) is 9.65. The van der Waals surface area contributed by atoms with E-state index in [4.69, 9.17) is 11.6 Å². The summed E-state index contributed by atoms with van der Waals surface area (Å²) in [6, 6.07) is 14.0. The smallest absolute Gasteiger partial charge is 0.241 e. The molecule has 0 aliphatic heterocycles. The Kier molecular flexibility index (Phi) is 7.19. The minimum atomic E-state index is -3.86. The van der Waals surface area contributed by atoms with Crippen molar-refractivity contribution in [3.63, 3.8) is 0 Å². The molecule has 0 aliphatic rings. The van der Waals surface area contributed by atoms with E-state index in [1.54, 1.807) is 24.3 Å². The molecule has 0 fully saturated rings. The molecular weight excluding hydrogens is 444 g/mol. The lowest BCUT2D eigenvalue weighted by Gasteiger charge is -2.19. The number of anilines is 1. The first-order valence-corrected chi connectivity index (χ1v) is 11.9. The Hall–Kier alpha value is -2.33. The van der Waals surface area contributed by atoms with Gasteiger partial charge in [-0.05, 0) is 29.8 Å². The SMILES string of the molecule is CC(C)c1nnc(NC(=O)CC(NS(=O)(=O)c2ccc(Cl)cc2)c2ccccc2)s1. The summed E-state index contributed by atoms with van der Waals surface area (Å²) >= 11 is 7.15. The van der Waals surface area contributed by atoms with E-state index in [0.717, 1.165) is 5.01 Å². The van der Waals surface area contributed by atoms with Gasteiger partial charge in [-0.3, -0.25) is 4.79 Å². The first-order valence-electron chi connectivity index (χ1n) is 9.20. The van der Waals surface area contributed by atoms with Gasteiger partial charge in [0.1, 0.15) is 5.01 Å². The van der Waals surface area contributed by atoms with Gasteiger partial charge in [0.05, 0.1) is 10.9 Å². The number of hydrogen-bond acceptors (Lipinski definition) is 6. The maximum Gasteiger partial charge on any atom is 0.241 e. The van der Waals surface area contributed by atoms with E-state index < -0.39 is 16.1 Å². The molecule has 0 radical (unpaired) electrons. The number of carbonyl (C=O) groups excluding carboxylic acids is 1. The molecule has 1 heterocycles. The molecule has 0 aliphatic carbocycles. The number of halogens is 1. The van der Waals surface area contributed by atoms with Gasteiger partial charge in [-0.25, -0.2) is 13.1 Å². The van der Waals surface area contributed by atoms with Crippen LogP contribution in [-0.4, -0.2) is 24.5 Å². The molecule has 158 valence electrons. The molecule has 1 atom stereocenters. The van der Waals surface area contributed by atoms with E-state index in [1.165, 1.54) is 35.6 Å². The van der Waals surface area contributed by atoms with E-state index in [2.05, 4.69) is 20.2 Å². The van der Waals surface area contributed by atoms with Gasteiger partial charge in [0.15, 0.2) is 0 Å². The number of nitrogens with one attached hydrogen (secondary N) is 2. The molecule has 0 saturated carbocycles. The summed E-state index contributed by atoms with van der Waals surface area (Å²) in [5, 5.41) is 12.4. The molecule has 30 heavy (non-hydrogen) atoms. The van der Waals surface area contributed by atoms with Gasteiger partial charge in [0, 0.05) is 17.4 Å². The quantitative estimate of drug-likeness (QED) is 0.515. The third-order valence-corrected chi connectivity index (χ3v) is 7.07. The molecular formula is C20H21ClN4O3S2. The van der Waals surface area contributed by atoms with Crippen LogP contribution in [0.3, 0.4) is 0 Å². The van der Waals surface area contributed by atoms with Crippen LogP contribution in [-0.2, 0) is 14.8 Å². The van der Waals surface area contributed by atoms with Crippen LogP contribution >= 0.6 is 22.9 Å². The fourth-order valence-electron chi connectivity index (χ4n) is 2.66. The molecule has 2 N–H and O–H groups in total. The number of nitrogens with zero attached hydrogens (tertiary/aromatic N) is 2. The van der Waals surface area contributed by atoms with Crippen molar-refractivity contribution in [3.8, 4) is 0 Å². The molecule has 0 saturated heterocycles. The minimum Gasteiger partial charge on any atom is -0.300 e. The first-order chi connectivity index (χ1) is 14.2. The normalized spacial score (nSPS) is 12.7. The van der Waals surface area contributed by atoms with Crippen molar-refractivity contribution in [2.45, 2.75) is 37.1 Å². The summed E-state index contributed by atoms with van der Waals surface area (Å²) in [5.74, 6) is -0.162. The molecule has 0 spiro atoms. The van der Waals surface area contributed by atoms with Crippen LogP contribution in [0.15, 0.2) is 59.5 Å². The highest BCUT2D eigenvalue weighted by Crippen LogP contribution is 2.25. The fraction of sp³-hybridized carbons (Fsp3) is 0.250. The zero-order valence-electron chi connectivity index (χ0n) is 16.4. The largest absolute Gasteiger partial charge is 0.300 e. The summed E-state index contributed by atoms with van der Waals surface area (Å²) in [6.07, 6.45) is -0.104. The summed E-state index contributed by atoms with van der Waals surface area (Å²) < 4.78 is 28.3. The predicted molar refractivity (Wildman–Crippen MR) is 118 cm³/mol. The molecule has 0 bridgehead atoms. The summed E-state index contributed by atoms with van der Waals surface area (Å²) in [7, 11) is -3.86. The van der Waals surface area contributed by atoms with E-state index in [0.29, 0.717) is 15.7 Å². The highest BCUT2D eigenvalue weighted by atomic mass is 35.5. The van der Waals surface area contributed by atoms with Crippen molar-refractivity contribution in [1.29, 1.82) is 0 Å². The number of hydrogen-bond donors (Lipinski definition) is 2. The zero-order valence-corrected chi connectivity index (χ0v) is 18.8. The van der Waals surface area contributed by atoms with Crippen LogP contribution < -0.4 is 10.0 Å². The second-order valence-corrected chi connectivity index (χ2v) is 10.1. The highest BCUT2D eigenvalue weighted by Gasteiger charge is 2.24. The van der Waals surface area contributed by atoms with Gasteiger partial charge in [-0.2, -0.15) is 0 Å². The summed E-state index contributed by atoms with van der Waals surface area (Å²) in [4.78, 5) is 12.7. The third kappa shape index (κ3) is 5.85. The van der Waals surface area contributed by atoms with Gasteiger partial charge < -0.3 is 5.32 Å². The van der Waals surface area contributed by atoms with E-state index in [9.17, 15) is 13.2 Å². The minimum absolute atomic E-state index is 0.0685. The number of carbonyl (C=O) groups is 1. The van der Waals surface area contributed by atoms with E-state index in [1.807, 2.05) is 19.9 Å². The van der Waals surface area contributed by atoms with Crippen molar-refractivity contribution in [1.82, 2.24) is 14.9 Å². The molecule has 1 amide bonds. The molecule has 7 nitrogen and oxygen atoms in total. The average Bonchev–Trinajstić information content (AvgIpc) is 3.17. The monoisotopic (exact) mass is 464 g/mol. The second-order valence-electron chi connectivity index (χ2n) is 6.89. The van der Waals surface area contributed by atoms with Crippen molar-refractivity contribution in [2.75, 3.05) is 5.32 Å². The van der Waals surface area contributed by atoms with Crippen molar-refractivity contribution < 1.29 is 13.2 Å². The van der Waals surface area contributed by atoms with Gasteiger partial charge in [0.2, 0.25) is 21.1 Å². The highest BCUT2D eigenvalue weighted by molar-refractivity contribution is 7.89. The molecule has 1 aromatic heterocycles. The molecule has 2 aromatic carbocycles. The lowest BCUT2D eigenvalue weighted by Crippen LogP contribution is -2.31. The number of benzene rings is 2. The Labute approximate surface area is 184 Å². The Morgan fingerprint density at radius 2 is 1.73 bits per heavy atom. The number of aromatic nitrogens is 2. The Morgan fingerprint density at radius 1 is 1.07 bits per heavy atom. The molecule has 1 unspecified atom stereocenters. The van der Waals surface area contributed by atoms with Gasteiger partial charge in [-0.15, -0.1) is 10.2 Å². The summed E-state index contributed by atoms with van der Waals surface area (Å²) in [6.45, 7) is 3.98. The van der Waals surface area contributed by atoms with Crippen LogP contribution in [0, 0.1) is 0 Å². The maximum atomic E-state index is 12.8. The topological polar surface area (TPSA) is 101 Å². The third-order valence-electron chi connectivity index (χ3n) is 4.19. The van der Waals surface area contributed by atoms with Crippen LogP contribution in [0.2, 0.25) is 5.02 Å². The Balaban J connectivity index is 1.79. The lowest BCUT2D eigenvalue weighted by molar-refractivity contribution is -0.116. The Morgan fingerprint density at radius 3 is 2.33 bits per heavy atom. The van der Waals surface area contributed by atoms with Crippen LogP contribution in [0.4, 0.5) is 5.13 Å². The number of amides is 1. The molecule has 3 aromatic rings. The molecule has 10 heteroatoms. The maximum absolute atomic E-state index is 12.8. The number of rotatable bonds is 8. The zero-order chi connectivity index (χ0) is 21.7. The average molecular weight is 465 g/mol. The van der Waals surface area contributed by atoms with Gasteiger partial charge in [-0.1, -0.05) is 67.1 Å². The standard InChI is InChI=1S/C20H21ClN4O3S2/c1-13(2)19-23-24-20(29-19)22-18(26)12-17(14-6-4-3-5-7-14)25-30(27,28)16-10-8-15(21)9-11-16/h3-11,13,17,25H,12H2,1-2H3,(H,22,24,26). The Bertz CT molecular complexity index is 1100. The predicted octanol–water partition coefficient (Wildman–Crippen LogP) is 4.36. The van der Waals surface area contributed by atoms with Gasteiger partial charge in [0.25, 0.3) is 0 Å². The fourth-order valence-corrected chi connectivity index (χ4v) is 4.77.